The van der Waals surface area contributed by atoms with E-state index < -0.39 is 0 Å². The van der Waals surface area contributed by atoms with Gasteiger partial charge in [0.25, 0.3) is 0 Å². The van der Waals surface area contributed by atoms with Crippen LogP contribution < -0.4 is 0 Å². The molecule has 3 aliphatic rings. The number of amides is 2. The molecule has 0 bridgehead atoms. The number of aliphatic hydroxyl groups excluding tert-OH is 1. The third-order valence-corrected chi connectivity index (χ3v) is 6.27. The summed E-state index contributed by atoms with van der Waals surface area (Å²) < 4.78 is 0. The van der Waals surface area contributed by atoms with Gasteiger partial charge in [0, 0.05) is 26.2 Å². The average molecular weight is 356 g/mol. The highest BCUT2D eigenvalue weighted by atomic mass is 16.3. The van der Waals surface area contributed by atoms with Gasteiger partial charge in [-0.25, -0.2) is 0 Å². The fourth-order valence-electron chi connectivity index (χ4n) is 4.45. The molecule has 5 heteroatoms. The molecule has 5 nitrogen and oxygen atoms in total. The summed E-state index contributed by atoms with van der Waals surface area (Å²) in [7, 11) is 0. The minimum atomic E-state index is -0.330. The maximum absolute atomic E-state index is 13.1. The highest BCUT2D eigenvalue weighted by molar-refractivity contribution is 5.86. The minimum absolute atomic E-state index is 0.0162. The Morgan fingerprint density at radius 1 is 1.12 bits per heavy atom. The average Bonchev–Trinajstić information content (AvgIpc) is 3.37. The Kier molecular flexibility index (Phi) is 4.74. The molecule has 1 aromatic carbocycles. The van der Waals surface area contributed by atoms with E-state index in [1.54, 1.807) is 0 Å². The molecule has 2 amide bonds. The molecular weight excluding hydrogens is 328 g/mol. The summed E-state index contributed by atoms with van der Waals surface area (Å²) in [5.74, 6) is 1.11. The van der Waals surface area contributed by atoms with Gasteiger partial charge in [0.1, 0.15) is 0 Å². The van der Waals surface area contributed by atoms with Crippen molar-refractivity contribution in [2.24, 2.45) is 11.3 Å². The van der Waals surface area contributed by atoms with Crippen LogP contribution in [0.25, 0.3) is 0 Å². The Hall–Kier alpha value is -1.88. The maximum atomic E-state index is 13.1. The highest BCUT2D eigenvalue weighted by Crippen LogP contribution is 2.41. The Balaban J connectivity index is 1.38. The van der Waals surface area contributed by atoms with Crippen molar-refractivity contribution in [2.75, 3.05) is 26.2 Å². The van der Waals surface area contributed by atoms with Crippen LogP contribution >= 0.6 is 0 Å². The van der Waals surface area contributed by atoms with Gasteiger partial charge < -0.3 is 14.9 Å². The topological polar surface area (TPSA) is 60.9 Å². The van der Waals surface area contributed by atoms with Crippen LogP contribution in [0.3, 0.4) is 0 Å². The van der Waals surface area contributed by atoms with Crippen molar-refractivity contribution in [1.29, 1.82) is 0 Å². The van der Waals surface area contributed by atoms with Crippen LogP contribution in [0.15, 0.2) is 24.3 Å². The molecule has 140 valence electrons. The summed E-state index contributed by atoms with van der Waals surface area (Å²) in [6.45, 7) is 3.10. The third-order valence-electron chi connectivity index (χ3n) is 6.27. The molecule has 1 N–H and O–H groups in total. The summed E-state index contributed by atoms with van der Waals surface area (Å²) in [6.07, 6.45) is 5.67. The first-order valence-electron chi connectivity index (χ1n) is 9.85. The SMILES string of the molecule is O=C(Cc1ccc(CO)cc1)N1CCC2(CCCN(CC3CC3)C2=O)C1. The van der Waals surface area contributed by atoms with Crippen molar-refractivity contribution in [2.45, 2.75) is 45.1 Å². The second kappa shape index (κ2) is 7.03. The van der Waals surface area contributed by atoms with Gasteiger partial charge in [-0.3, -0.25) is 9.59 Å². The summed E-state index contributed by atoms with van der Waals surface area (Å²) >= 11 is 0. The fraction of sp³-hybridized carbons (Fsp3) is 0.619. The first kappa shape index (κ1) is 17.5. The van der Waals surface area contributed by atoms with E-state index in [1.165, 1.54) is 12.8 Å². The van der Waals surface area contributed by atoms with E-state index >= 15 is 0 Å². The van der Waals surface area contributed by atoms with Gasteiger partial charge >= 0.3 is 0 Å². The largest absolute Gasteiger partial charge is 0.392 e. The molecule has 0 radical (unpaired) electrons. The van der Waals surface area contributed by atoms with Crippen molar-refractivity contribution in [3.8, 4) is 0 Å². The highest BCUT2D eigenvalue weighted by Gasteiger charge is 2.49. The van der Waals surface area contributed by atoms with Gasteiger partial charge in [0.15, 0.2) is 0 Å². The van der Waals surface area contributed by atoms with Gasteiger partial charge in [-0.1, -0.05) is 24.3 Å². The lowest BCUT2D eigenvalue weighted by Crippen LogP contribution is -2.51. The first-order chi connectivity index (χ1) is 12.6. The zero-order chi connectivity index (χ0) is 18.1. The van der Waals surface area contributed by atoms with Crippen LogP contribution in [0.2, 0.25) is 0 Å². The third kappa shape index (κ3) is 3.50. The molecule has 1 spiro atoms. The number of aliphatic hydroxyl groups is 1. The molecule has 3 fully saturated rings. The zero-order valence-electron chi connectivity index (χ0n) is 15.3. The van der Waals surface area contributed by atoms with Crippen molar-refractivity contribution in [3.05, 3.63) is 35.4 Å². The normalized spacial score (nSPS) is 26.0. The van der Waals surface area contributed by atoms with Crippen molar-refractivity contribution < 1.29 is 14.7 Å². The predicted molar refractivity (Wildman–Crippen MR) is 98.2 cm³/mol. The second-order valence-electron chi connectivity index (χ2n) is 8.30. The van der Waals surface area contributed by atoms with E-state index in [-0.39, 0.29) is 17.9 Å². The lowest BCUT2D eigenvalue weighted by Gasteiger charge is -2.39. The Morgan fingerprint density at radius 2 is 1.85 bits per heavy atom. The minimum Gasteiger partial charge on any atom is -0.392 e. The molecule has 2 saturated heterocycles. The summed E-state index contributed by atoms with van der Waals surface area (Å²) in [5.41, 5.74) is 1.48. The van der Waals surface area contributed by atoms with Gasteiger partial charge in [0.05, 0.1) is 18.4 Å². The quantitative estimate of drug-likeness (QED) is 0.877. The van der Waals surface area contributed by atoms with E-state index in [2.05, 4.69) is 4.90 Å². The molecule has 1 aliphatic carbocycles. The standard InChI is InChI=1S/C21H28N2O3/c24-14-18-6-2-16(3-7-18)12-19(25)23-11-9-21(15-23)8-1-10-22(20(21)26)13-17-4-5-17/h2-3,6-7,17,24H,1,4-5,8-15H2. The number of carbonyl (C=O) groups is 2. The van der Waals surface area contributed by atoms with Crippen LogP contribution in [0, 0.1) is 11.3 Å². The summed E-state index contributed by atoms with van der Waals surface area (Å²) in [6, 6.07) is 7.51. The van der Waals surface area contributed by atoms with E-state index in [4.69, 9.17) is 5.11 Å². The lowest BCUT2D eigenvalue weighted by atomic mass is 9.78. The van der Waals surface area contributed by atoms with E-state index in [0.29, 0.717) is 25.4 Å². The second-order valence-corrected chi connectivity index (χ2v) is 8.30. The number of piperidine rings is 1. The van der Waals surface area contributed by atoms with Crippen molar-refractivity contribution in [1.82, 2.24) is 9.80 Å². The molecule has 1 unspecified atom stereocenters. The van der Waals surface area contributed by atoms with E-state index in [1.807, 2.05) is 29.2 Å². The number of hydrogen-bond donors (Lipinski definition) is 1. The van der Waals surface area contributed by atoms with Gasteiger partial charge in [-0.2, -0.15) is 0 Å². The van der Waals surface area contributed by atoms with Gasteiger partial charge in [0.2, 0.25) is 11.8 Å². The predicted octanol–water partition coefficient (Wildman–Crippen LogP) is 1.97. The Labute approximate surface area is 155 Å². The monoisotopic (exact) mass is 356 g/mol. The number of rotatable bonds is 5. The van der Waals surface area contributed by atoms with Crippen molar-refractivity contribution >= 4 is 11.8 Å². The van der Waals surface area contributed by atoms with Crippen LogP contribution in [0.5, 0.6) is 0 Å². The molecule has 1 aromatic rings. The molecule has 2 aliphatic heterocycles. The van der Waals surface area contributed by atoms with Crippen LogP contribution in [-0.4, -0.2) is 52.9 Å². The molecule has 2 heterocycles. The number of benzene rings is 1. The number of likely N-dealkylation sites (tertiary alicyclic amines) is 2. The van der Waals surface area contributed by atoms with Crippen LogP contribution in [-0.2, 0) is 22.6 Å². The molecule has 4 rings (SSSR count). The zero-order valence-corrected chi connectivity index (χ0v) is 15.3. The Morgan fingerprint density at radius 3 is 2.54 bits per heavy atom. The van der Waals surface area contributed by atoms with Crippen LogP contribution in [0.4, 0.5) is 0 Å². The molecule has 1 atom stereocenters. The number of hydrogen-bond acceptors (Lipinski definition) is 3. The van der Waals surface area contributed by atoms with E-state index in [0.717, 1.165) is 49.4 Å². The maximum Gasteiger partial charge on any atom is 0.230 e. The molecule has 26 heavy (non-hydrogen) atoms. The van der Waals surface area contributed by atoms with E-state index in [9.17, 15) is 9.59 Å². The molecular formula is C21H28N2O3. The summed E-state index contributed by atoms with van der Waals surface area (Å²) in [5, 5.41) is 9.12. The fourth-order valence-corrected chi connectivity index (χ4v) is 4.45. The molecule has 0 aromatic heterocycles. The first-order valence-corrected chi connectivity index (χ1v) is 9.85. The Bertz CT molecular complexity index is 683. The van der Waals surface area contributed by atoms with Gasteiger partial charge in [-0.15, -0.1) is 0 Å². The number of carbonyl (C=O) groups excluding carboxylic acids is 2. The summed E-state index contributed by atoms with van der Waals surface area (Å²) in [4.78, 5) is 29.8. The number of nitrogens with zero attached hydrogens (tertiary/aromatic N) is 2. The molecule has 1 saturated carbocycles. The smallest absolute Gasteiger partial charge is 0.230 e. The van der Waals surface area contributed by atoms with Crippen LogP contribution in [0.1, 0.15) is 43.2 Å². The lowest BCUT2D eigenvalue weighted by molar-refractivity contribution is -0.146. The van der Waals surface area contributed by atoms with Gasteiger partial charge in [-0.05, 0) is 49.1 Å². The van der Waals surface area contributed by atoms with Crippen molar-refractivity contribution in [3.63, 3.8) is 0 Å².